The van der Waals surface area contributed by atoms with Crippen LogP contribution in [0.4, 0.5) is 0 Å². The number of likely N-dealkylation sites (tertiary alicyclic amines) is 1. The minimum atomic E-state index is -3.74. The maximum Gasteiger partial charge on any atom is 0.253 e. The number of nitrogens with zero attached hydrogens (tertiary/aromatic N) is 2. The van der Waals surface area contributed by atoms with E-state index in [4.69, 9.17) is 4.74 Å². The van der Waals surface area contributed by atoms with Gasteiger partial charge in [-0.2, -0.15) is 4.31 Å². The van der Waals surface area contributed by atoms with E-state index in [1.54, 1.807) is 17.0 Å². The van der Waals surface area contributed by atoms with Crippen LogP contribution in [-0.4, -0.2) is 68.8 Å². The number of nitrogens with one attached hydrogen (secondary N) is 1. The Hall–Kier alpha value is -2.13. The van der Waals surface area contributed by atoms with Crippen molar-refractivity contribution in [1.29, 1.82) is 0 Å². The van der Waals surface area contributed by atoms with E-state index in [-0.39, 0.29) is 34.4 Å². The lowest BCUT2D eigenvalue weighted by atomic mass is 9.93. The molecule has 1 unspecified atom stereocenters. The molecule has 0 spiro atoms. The number of hydrogen-bond donors (Lipinski definition) is 1. The van der Waals surface area contributed by atoms with Crippen LogP contribution in [0, 0.1) is 5.92 Å². The van der Waals surface area contributed by atoms with Crippen molar-refractivity contribution in [2.24, 2.45) is 5.92 Å². The molecule has 1 saturated carbocycles. The minimum Gasteiger partial charge on any atom is -0.495 e. The van der Waals surface area contributed by atoms with Gasteiger partial charge in [0.05, 0.1) is 13.0 Å². The highest BCUT2D eigenvalue weighted by molar-refractivity contribution is 7.89. The van der Waals surface area contributed by atoms with Crippen LogP contribution in [0.15, 0.2) is 23.1 Å². The van der Waals surface area contributed by atoms with Crippen molar-refractivity contribution in [2.75, 3.05) is 33.3 Å². The van der Waals surface area contributed by atoms with Gasteiger partial charge in [0.15, 0.2) is 0 Å². The van der Waals surface area contributed by atoms with Crippen molar-refractivity contribution >= 4 is 21.8 Å². The molecule has 33 heavy (non-hydrogen) atoms. The number of hydrogen-bond acceptors (Lipinski definition) is 5. The van der Waals surface area contributed by atoms with Crippen LogP contribution in [0.3, 0.4) is 0 Å². The Morgan fingerprint density at radius 1 is 0.970 bits per heavy atom. The SMILES string of the molecule is COc1ccc(C(=O)N2CCCC(C(=O)NC3CCCCC3)C2)cc1S(=O)(=O)N1CCCC1. The van der Waals surface area contributed by atoms with E-state index in [9.17, 15) is 18.0 Å². The Balaban J connectivity index is 1.48. The van der Waals surface area contributed by atoms with Gasteiger partial charge in [0.2, 0.25) is 15.9 Å². The van der Waals surface area contributed by atoms with E-state index in [0.29, 0.717) is 31.7 Å². The Labute approximate surface area is 196 Å². The molecule has 1 aliphatic carbocycles. The number of rotatable bonds is 6. The van der Waals surface area contributed by atoms with Crippen LogP contribution < -0.4 is 10.1 Å². The minimum absolute atomic E-state index is 0.0290. The Bertz CT molecular complexity index is 968. The standard InChI is InChI=1S/C24H35N3O5S/c1-32-21-12-11-18(16-22(21)33(30,31)27-14-5-6-15-27)24(29)26-13-7-8-19(17-26)23(28)25-20-9-3-2-4-10-20/h11-12,16,19-20H,2-10,13-15,17H2,1H3,(H,25,28). The third-order valence-corrected chi connectivity index (χ3v) is 9.04. The van der Waals surface area contributed by atoms with E-state index in [2.05, 4.69) is 5.32 Å². The molecular formula is C24H35N3O5S. The molecule has 1 N–H and O–H groups in total. The second-order valence-electron chi connectivity index (χ2n) is 9.41. The highest BCUT2D eigenvalue weighted by Crippen LogP contribution is 2.31. The van der Waals surface area contributed by atoms with E-state index in [1.165, 1.54) is 23.9 Å². The zero-order valence-electron chi connectivity index (χ0n) is 19.4. The topological polar surface area (TPSA) is 96.0 Å². The number of carbonyl (C=O) groups excluding carboxylic acids is 2. The van der Waals surface area contributed by atoms with Gasteiger partial charge in [0.1, 0.15) is 10.6 Å². The predicted octanol–water partition coefficient (Wildman–Crippen LogP) is 2.78. The summed E-state index contributed by atoms with van der Waals surface area (Å²) < 4.78 is 33.1. The third kappa shape index (κ3) is 5.35. The first-order valence-electron chi connectivity index (χ1n) is 12.2. The molecule has 0 radical (unpaired) electrons. The molecule has 1 atom stereocenters. The summed E-state index contributed by atoms with van der Waals surface area (Å²) in [6.45, 7) is 1.88. The second-order valence-corrected chi connectivity index (χ2v) is 11.3. The van der Waals surface area contributed by atoms with Gasteiger partial charge in [-0.05, 0) is 56.7 Å². The molecule has 182 valence electrons. The summed E-state index contributed by atoms with van der Waals surface area (Å²) in [5.74, 6) is -0.199. The van der Waals surface area contributed by atoms with Crippen LogP contribution in [-0.2, 0) is 14.8 Å². The Morgan fingerprint density at radius 2 is 1.70 bits per heavy atom. The van der Waals surface area contributed by atoms with Crippen molar-refractivity contribution in [3.05, 3.63) is 23.8 Å². The summed E-state index contributed by atoms with van der Waals surface area (Å²) in [7, 11) is -2.30. The lowest BCUT2D eigenvalue weighted by Gasteiger charge is -2.33. The van der Waals surface area contributed by atoms with E-state index < -0.39 is 10.0 Å². The van der Waals surface area contributed by atoms with Gasteiger partial charge in [0.25, 0.3) is 5.91 Å². The van der Waals surface area contributed by atoms with Gasteiger partial charge < -0.3 is 15.0 Å². The zero-order valence-corrected chi connectivity index (χ0v) is 20.2. The number of benzene rings is 1. The smallest absolute Gasteiger partial charge is 0.253 e. The summed E-state index contributed by atoms with van der Waals surface area (Å²) >= 11 is 0. The number of sulfonamides is 1. The Kier molecular flexibility index (Phi) is 7.58. The fourth-order valence-corrected chi connectivity index (χ4v) is 6.90. The van der Waals surface area contributed by atoms with Gasteiger partial charge in [0, 0.05) is 37.8 Å². The molecule has 2 saturated heterocycles. The highest BCUT2D eigenvalue weighted by Gasteiger charge is 2.33. The van der Waals surface area contributed by atoms with Crippen molar-refractivity contribution in [1.82, 2.24) is 14.5 Å². The summed E-state index contributed by atoms with van der Waals surface area (Å²) in [4.78, 5) is 27.9. The third-order valence-electron chi connectivity index (χ3n) is 7.12. The quantitative estimate of drug-likeness (QED) is 0.680. The average Bonchev–Trinajstić information content (AvgIpc) is 3.40. The molecule has 1 aromatic rings. The normalized spacial score (nSPS) is 22.8. The number of carbonyl (C=O) groups is 2. The number of piperidine rings is 1. The molecule has 8 nitrogen and oxygen atoms in total. The number of methoxy groups -OCH3 is 1. The molecule has 1 aromatic carbocycles. The van der Waals surface area contributed by atoms with Crippen LogP contribution in [0.2, 0.25) is 0 Å². The van der Waals surface area contributed by atoms with Crippen LogP contribution in [0.5, 0.6) is 5.75 Å². The lowest BCUT2D eigenvalue weighted by Crippen LogP contribution is -2.48. The van der Waals surface area contributed by atoms with E-state index >= 15 is 0 Å². The first kappa shape index (κ1) is 24.0. The fourth-order valence-electron chi connectivity index (χ4n) is 5.20. The van der Waals surface area contributed by atoms with Gasteiger partial charge in [-0.1, -0.05) is 19.3 Å². The molecule has 2 heterocycles. The summed E-state index contributed by atoms with van der Waals surface area (Å²) in [5.41, 5.74) is 0.307. The lowest BCUT2D eigenvalue weighted by molar-refractivity contribution is -0.127. The molecule has 9 heteroatoms. The molecule has 0 aromatic heterocycles. The van der Waals surface area contributed by atoms with Gasteiger partial charge in [-0.3, -0.25) is 9.59 Å². The summed E-state index contributed by atoms with van der Waals surface area (Å²) in [6, 6.07) is 4.83. The second kappa shape index (κ2) is 10.4. The molecule has 4 rings (SSSR count). The summed E-state index contributed by atoms with van der Waals surface area (Å²) in [5, 5.41) is 3.18. The monoisotopic (exact) mass is 477 g/mol. The summed E-state index contributed by atoms with van der Waals surface area (Å²) in [6.07, 6.45) is 8.78. The molecular weight excluding hydrogens is 442 g/mol. The molecule has 0 bridgehead atoms. The molecule has 3 aliphatic rings. The van der Waals surface area contributed by atoms with Crippen LogP contribution in [0.1, 0.15) is 68.1 Å². The van der Waals surface area contributed by atoms with Gasteiger partial charge >= 0.3 is 0 Å². The maximum atomic E-state index is 13.3. The largest absolute Gasteiger partial charge is 0.495 e. The van der Waals surface area contributed by atoms with Gasteiger partial charge in [-0.15, -0.1) is 0 Å². The zero-order chi connectivity index (χ0) is 23.4. The van der Waals surface area contributed by atoms with Crippen molar-refractivity contribution in [3.63, 3.8) is 0 Å². The molecule has 2 amide bonds. The number of amides is 2. The first-order chi connectivity index (χ1) is 15.9. The van der Waals surface area contributed by atoms with Crippen molar-refractivity contribution in [2.45, 2.75) is 68.7 Å². The van der Waals surface area contributed by atoms with Gasteiger partial charge in [-0.25, -0.2) is 8.42 Å². The van der Waals surface area contributed by atoms with Crippen LogP contribution in [0.25, 0.3) is 0 Å². The molecule has 2 aliphatic heterocycles. The Morgan fingerprint density at radius 3 is 2.39 bits per heavy atom. The molecule has 3 fully saturated rings. The highest BCUT2D eigenvalue weighted by atomic mass is 32.2. The van der Waals surface area contributed by atoms with E-state index in [0.717, 1.165) is 51.4 Å². The van der Waals surface area contributed by atoms with Crippen molar-refractivity contribution in [3.8, 4) is 5.75 Å². The fraction of sp³-hybridized carbons (Fsp3) is 0.667. The average molecular weight is 478 g/mol. The van der Waals surface area contributed by atoms with E-state index in [1.807, 2.05) is 0 Å². The van der Waals surface area contributed by atoms with Crippen molar-refractivity contribution < 1.29 is 22.7 Å². The van der Waals surface area contributed by atoms with Crippen LogP contribution >= 0.6 is 0 Å². The first-order valence-corrected chi connectivity index (χ1v) is 13.6. The maximum absolute atomic E-state index is 13.3. The predicted molar refractivity (Wildman–Crippen MR) is 125 cm³/mol. The number of ether oxygens (including phenoxy) is 1.